The summed E-state index contributed by atoms with van der Waals surface area (Å²) in [6.45, 7) is 2.89. The molecule has 4 nitrogen and oxygen atoms in total. The van der Waals surface area contributed by atoms with E-state index in [1.807, 2.05) is 6.26 Å². The van der Waals surface area contributed by atoms with E-state index < -0.39 is 0 Å². The van der Waals surface area contributed by atoms with Gasteiger partial charge in [-0.1, -0.05) is 0 Å². The Kier molecular flexibility index (Phi) is 2.95. The molecular weight excluding hydrogens is 206 g/mol. The lowest BCUT2D eigenvalue weighted by atomic mass is 10.3. The van der Waals surface area contributed by atoms with Crippen LogP contribution in [0.4, 0.5) is 0 Å². The molecule has 4 heteroatoms. The summed E-state index contributed by atoms with van der Waals surface area (Å²) in [7, 11) is 0. The van der Waals surface area contributed by atoms with Crippen LogP contribution in [-0.2, 0) is 22.6 Å². The molecule has 1 saturated carbocycles. The lowest BCUT2D eigenvalue weighted by Gasteiger charge is -2.25. The van der Waals surface area contributed by atoms with Crippen LogP contribution in [0.3, 0.4) is 0 Å². The van der Waals surface area contributed by atoms with Gasteiger partial charge in [0.2, 0.25) is 0 Å². The predicted molar refractivity (Wildman–Crippen MR) is 58.0 cm³/mol. The van der Waals surface area contributed by atoms with Crippen molar-refractivity contribution in [2.24, 2.45) is 0 Å². The molecule has 88 valence electrons. The fourth-order valence-corrected chi connectivity index (χ4v) is 1.65. The van der Waals surface area contributed by atoms with Crippen molar-refractivity contribution in [2.45, 2.75) is 38.1 Å². The highest BCUT2D eigenvalue weighted by Gasteiger charge is 2.21. The van der Waals surface area contributed by atoms with Crippen LogP contribution in [0.2, 0.25) is 0 Å². The molecule has 1 aromatic heterocycles. The van der Waals surface area contributed by atoms with E-state index in [2.05, 4.69) is 11.4 Å². The van der Waals surface area contributed by atoms with E-state index in [4.69, 9.17) is 13.9 Å². The third-order valence-electron chi connectivity index (χ3n) is 2.95. The highest BCUT2D eigenvalue weighted by molar-refractivity contribution is 5.12. The van der Waals surface area contributed by atoms with E-state index in [1.165, 1.54) is 18.4 Å². The summed E-state index contributed by atoms with van der Waals surface area (Å²) < 4.78 is 16.0. The molecule has 2 heterocycles. The molecule has 0 atom stereocenters. The van der Waals surface area contributed by atoms with Crippen molar-refractivity contribution in [3.63, 3.8) is 0 Å². The van der Waals surface area contributed by atoms with Gasteiger partial charge in [0, 0.05) is 18.2 Å². The number of ether oxygens (including phenoxy) is 2. The second-order valence-corrected chi connectivity index (χ2v) is 4.55. The van der Waals surface area contributed by atoms with E-state index in [1.54, 1.807) is 0 Å². The third-order valence-corrected chi connectivity index (χ3v) is 2.95. The van der Waals surface area contributed by atoms with E-state index in [0.717, 1.165) is 31.6 Å². The average Bonchev–Trinajstić information content (AvgIpc) is 2.94. The lowest BCUT2D eigenvalue weighted by molar-refractivity contribution is -0.137. The standard InChI is InChI=1S/C12H17NO3/c1-2-10(1)13-4-9-3-11(15-5-9)8-16-12-6-14-7-12/h3,5,10,12-13H,1-2,4,6-8H2. The first-order chi connectivity index (χ1) is 7.90. The van der Waals surface area contributed by atoms with Crippen LogP contribution >= 0.6 is 0 Å². The van der Waals surface area contributed by atoms with Crippen molar-refractivity contribution in [3.8, 4) is 0 Å². The Hall–Kier alpha value is -0.840. The van der Waals surface area contributed by atoms with Crippen LogP contribution in [0.25, 0.3) is 0 Å². The van der Waals surface area contributed by atoms with Crippen LogP contribution in [0.5, 0.6) is 0 Å². The fraction of sp³-hybridized carbons (Fsp3) is 0.667. The van der Waals surface area contributed by atoms with Gasteiger partial charge in [0.05, 0.1) is 19.5 Å². The maximum absolute atomic E-state index is 5.58. The maximum atomic E-state index is 5.58. The third kappa shape index (κ3) is 2.64. The molecule has 1 N–H and O–H groups in total. The van der Waals surface area contributed by atoms with Gasteiger partial charge < -0.3 is 19.2 Å². The lowest BCUT2D eigenvalue weighted by Crippen LogP contribution is -2.35. The minimum atomic E-state index is 0.262. The normalized spacial score (nSPS) is 21.0. The summed E-state index contributed by atoms with van der Waals surface area (Å²) in [6, 6.07) is 2.80. The van der Waals surface area contributed by atoms with Crippen molar-refractivity contribution >= 4 is 0 Å². The number of rotatable bonds is 6. The molecule has 0 aromatic carbocycles. The van der Waals surface area contributed by atoms with Crippen molar-refractivity contribution in [3.05, 3.63) is 23.7 Å². The predicted octanol–water partition coefficient (Wildman–Crippen LogP) is 1.45. The highest BCUT2D eigenvalue weighted by Crippen LogP contribution is 2.20. The molecule has 1 aliphatic heterocycles. The number of furan rings is 1. The first-order valence-corrected chi connectivity index (χ1v) is 5.89. The summed E-state index contributed by atoms with van der Waals surface area (Å²) in [6.07, 6.45) is 4.70. The molecule has 0 amide bonds. The second kappa shape index (κ2) is 4.57. The van der Waals surface area contributed by atoms with Gasteiger partial charge in [-0.25, -0.2) is 0 Å². The first-order valence-electron chi connectivity index (χ1n) is 5.89. The monoisotopic (exact) mass is 223 g/mol. The minimum Gasteiger partial charge on any atom is -0.467 e. The zero-order valence-corrected chi connectivity index (χ0v) is 9.28. The molecule has 3 rings (SSSR count). The van der Waals surface area contributed by atoms with Crippen molar-refractivity contribution in [1.29, 1.82) is 0 Å². The quantitative estimate of drug-likeness (QED) is 0.792. The topological polar surface area (TPSA) is 43.6 Å². The summed E-state index contributed by atoms with van der Waals surface area (Å²) in [5, 5.41) is 3.45. The minimum absolute atomic E-state index is 0.262. The molecule has 0 unspecified atom stereocenters. The average molecular weight is 223 g/mol. The Morgan fingerprint density at radius 1 is 1.38 bits per heavy atom. The van der Waals surface area contributed by atoms with Crippen LogP contribution < -0.4 is 5.32 Å². The Morgan fingerprint density at radius 3 is 2.94 bits per heavy atom. The van der Waals surface area contributed by atoms with E-state index >= 15 is 0 Å². The fourth-order valence-electron chi connectivity index (χ4n) is 1.65. The Balaban J connectivity index is 1.43. The summed E-state index contributed by atoms with van der Waals surface area (Å²) in [5.74, 6) is 0.902. The van der Waals surface area contributed by atoms with Gasteiger partial charge in [0.25, 0.3) is 0 Å². The van der Waals surface area contributed by atoms with Gasteiger partial charge in [-0.3, -0.25) is 0 Å². The molecular formula is C12H17NO3. The van der Waals surface area contributed by atoms with E-state index in [-0.39, 0.29) is 6.10 Å². The zero-order valence-electron chi connectivity index (χ0n) is 9.28. The van der Waals surface area contributed by atoms with Crippen LogP contribution in [0.1, 0.15) is 24.2 Å². The van der Waals surface area contributed by atoms with Crippen molar-refractivity contribution in [1.82, 2.24) is 5.32 Å². The van der Waals surface area contributed by atoms with Gasteiger partial charge >= 0.3 is 0 Å². The molecule has 0 radical (unpaired) electrons. The van der Waals surface area contributed by atoms with Gasteiger partial charge in [-0.05, 0) is 18.9 Å². The molecule has 2 fully saturated rings. The van der Waals surface area contributed by atoms with Crippen molar-refractivity contribution < 1.29 is 13.9 Å². The molecule has 16 heavy (non-hydrogen) atoms. The summed E-state index contributed by atoms with van der Waals surface area (Å²) in [5.41, 5.74) is 1.20. The summed E-state index contributed by atoms with van der Waals surface area (Å²) >= 11 is 0. The zero-order chi connectivity index (χ0) is 10.8. The first kappa shape index (κ1) is 10.3. The van der Waals surface area contributed by atoms with E-state index in [0.29, 0.717) is 6.61 Å². The van der Waals surface area contributed by atoms with Crippen molar-refractivity contribution in [2.75, 3.05) is 13.2 Å². The smallest absolute Gasteiger partial charge is 0.129 e. The Bertz CT molecular complexity index is 342. The van der Waals surface area contributed by atoms with Crippen LogP contribution in [0, 0.1) is 0 Å². The molecule has 1 aromatic rings. The molecule has 0 bridgehead atoms. The highest BCUT2D eigenvalue weighted by atomic mass is 16.6. The van der Waals surface area contributed by atoms with Gasteiger partial charge in [0.1, 0.15) is 18.5 Å². The second-order valence-electron chi connectivity index (χ2n) is 4.55. The Morgan fingerprint density at radius 2 is 2.25 bits per heavy atom. The van der Waals surface area contributed by atoms with E-state index in [9.17, 15) is 0 Å². The molecule has 0 spiro atoms. The Labute approximate surface area is 94.9 Å². The van der Waals surface area contributed by atoms with Crippen LogP contribution in [0.15, 0.2) is 16.7 Å². The molecule has 1 saturated heterocycles. The summed E-state index contributed by atoms with van der Waals surface area (Å²) in [4.78, 5) is 0. The number of nitrogens with one attached hydrogen (secondary N) is 1. The van der Waals surface area contributed by atoms with Crippen LogP contribution in [-0.4, -0.2) is 25.4 Å². The molecule has 1 aliphatic carbocycles. The number of hydrogen-bond donors (Lipinski definition) is 1. The van der Waals surface area contributed by atoms with Gasteiger partial charge in [-0.2, -0.15) is 0 Å². The van der Waals surface area contributed by atoms with Gasteiger partial charge in [0.15, 0.2) is 0 Å². The number of hydrogen-bond acceptors (Lipinski definition) is 4. The SMILES string of the molecule is c1oc(COC2COC2)cc1CNC1CC1. The van der Waals surface area contributed by atoms with Gasteiger partial charge in [-0.15, -0.1) is 0 Å². The molecule has 2 aliphatic rings. The largest absolute Gasteiger partial charge is 0.467 e. The maximum Gasteiger partial charge on any atom is 0.129 e.